The number of benzene rings is 1. The molecule has 0 fully saturated rings. The van der Waals surface area contributed by atoms with Crippen LogP contribution in [0.3, 0.4) is 0 Å². The van der Waals surface area contributed by atoms with E-state index in [4.69, 9.17) is 16.0 Å². The smallest absolute Gasteiger partial charge is 0.205 e. The number of para-hydroxylation sites is 1. The van der Waals surface area contributed by atoms with Crippen LogP contribution in [0, 0.1) is 0 Å². The fraction of sp³-hybridized carbons (Fsp3) is 0.0556. The van der Waals surface area contributed by atoms with Gasteiger partial charge in [-0.25, -0.2) is 0 Å². The zero-order valence-corrected chi connectivity index (χ0v) is 15.7. The average molecular weight is 402 g/mol. The van der Waals surface area contributed by atoms with Gasteiger partial charge in [-0.05, 0) is 36.4 Å². The van der Waals surface area contributed by atoms with Gasteiger partial charge in [-0.3, -0.25) is 9.36 Å². The first kappa shape index (κ1) is 17.1. The predicted molar refractivity (Wildman–Crippen MR) is 103 cm³/mol. The van der Waals surface area contributed by atoms with E-state index in [0.29, 0.717) is 26.0 Å². The van der Waals surface area contributed by atoms with E-state index in [1.54, 1.807) is 24.5 Å². The highest BCUT2D eigenvalue weighted by atomic mass is 35.5. The van der Waals surface area contributed by atoms with Gasteiger partial charge < -0.3 is 4.42 Å². The van der Waals surface area contributed by atoms with Crippen molar-refractivity contribution in [3.63, 3.8) is 0 Å². The number of Topliss-reactive ketones (excluding diaryl/α,β-unsaturated/α-hetero) is 1. The molecule has 0 saturated heterocycles. The predicted octanol–water partition coefficient (Wildman–Crippen LogP) is 5.22. The van der Waals surface area contributed by atoms with Crippen LogP contribution < -0.4 is 0 Å². The highest BCUT2D eigenvalue weighted by Crippen LogP contribution is 2.29. The molecule has 1 aromatic carbocycles. The lowest BCUT2D eigenvalue weighted by Crippen LogP contribution is -2.03. The van der Waals surface area contributed by atoms with E-state index >= 15 is 0 Å². The largest absolute Gasteiger partial charge is 0.461 e. The highest BCUT2D eigenvalue weighted by Gasteiger charge is 2.19. The molecule has 4 rings (SSSR count). The summed E-state index contributed by atoms with van der Waals surface area (Å²) in [4.78, 5) is 13.0. The van der Waals surface area contributed by atoms with Crippen LogP contribution in [0.4, 0.5) is 0 Å². The Morgan fingerprint density at radius 1 is 1.12 bits per heavy atom. The van der Waals surface area contributed by atoms with Crippen LogP contribution in [0.2, 0.25) is 4.34 Å². The lowest BCUT2D eigenvalue weighted by atomic mass is 10.3. The van der Waals surface area contributed by atoms with Crippen LogP contribution in [0.15, 0.2) is 70.4 Å². The fourth-order valence-electron chi connectivity index (χ4n) is 2.40. The highest BCUT2D eigenvalue weighted by molar-refractivity contribution is 7.99. The normalized spacial score (nSPS) is 11.0. The monoisotopic (exact) mass is 401 g/mol. The first-order chi connectivity index (χ1) is 12.7. The molecule has 130 valence electrons. The van der Waals surface area contributed by atoms with Crippen molar-refractivity contribution in [3.05, 3.63) is 70.1 Å². The van der Waals surface area contributed by atoms with E-state index in [0.717, 1.165) is 5.69 Å². The lowest BCUT2D eigenvalue weighted by molar-refractivity contribution is 0.102. The van der Waals surface area contributed by atoms with Crippen molar-refractivity contribution in [1.29, 1.82) is 0 Å². The Labute approximate surface area is 162 Å². The van der Waals surface area contributed by atoms with Crippen molar-refractivity contribution in [2.45, 2.75) is 5.16 Å². The maximum absolute atomic E-state index is 12.4. The molecule has 0 bridgehead atoms. The molecule has 0 radical (unpaired) electrons. The summed E-state index contributed by atoms with van der Waals surface area (Å²) in [5.74, 6) is 1.47. The molecule has 8 heteroatoms. The first-order valence-corrected chi connectivity index (χ1v) is 9.86. The molecule has 0 aliphatic carbocycles. The van der Waals surface area contributed by atoms with E-state index in [-0.39, 0.29) is 11.5 Å². The SMILES string of the molecule is O=C(CSc1nnc(-c2ccco2)n1-c1ccccc1)c1ccc(Cl)s1. The average Bonchev–Trinajstić information content (AvgIpc) is 3.40. The summed E-state index contributed by atoms with van der Waals surface area (Å²) in [5, 5.41) is 9.14. The van der Waals surface area contributed by atoms with E-state index < -0.39 is 0 Å². The van der Waals surface area contributed by atoms with Gasteiger partial charge in [0.05, 0.1) is 21.2 Å². The third-order valence-corrected chi connectivity index (χ3v) is 5.77. The topological polar surface area (TPSA) is 60.9 Å². The number of furan rings is 1. The van der Waals surface area contributed by atoms with Crippen LogP contribution in [-0.2, 0) is 0 Å². The van der Waals surface area contributed by atoms with E-state index in [1.165, 1.54) is 23.1 Å². The molecule has 4 aromatic rings. The summed E-state index contributed by atoms with van der Waals surface area (Å²) in [5.41, 5.74) is 0.901. The molecular weight excluding hydrogens is 390 g/mol. The van der Waals surface area contributed by atoms with E-state index in [2.05, 4.69) is 10.2 Å². The van der Waals surface area contributed by atoms with Crippen molar-refractivity contribution >= 4 is 40.5 Å². The Morgan fingerprint density at radius 3 is 2.65 bits per heavy atom. The Hall–Kier alpha value is -2.35. The molecule has 3 heterocycles. The Bertz CT molecular complexity index is 1030. The molecule has 3 aromatic heterocycles. The van der Waals surface area contributed by atoms with Crippen molar-refractivity contribution in [2.75, 3.05) is 5.75 Å². The molecule has 5 nitrogen and oxygen atoms in total. The minimum Gasteiger partial charge on any atom is -0.461 e. The van der Waals surface area contributed by atoms with Gasteiger partial charge in [0, 0.05) is 5.69 Å². The van der Waals surface area contributed by atoms with Crippen molar-refractivity contribution < 1.29 is 9.21 Å². The first-order valence-electron chi connectivity index (χ1n) is 7.68. The molecule has 0 saturated carbocycles. The van der Waals surface area contributed by atoms with Gasteiger partial charge in [0.1, 0.15) is 0 Å². The van der Waals surface area contributed by atoms with Crippen LogP contribution in [0.25, 0.3) is 17.3 Å². The number of carbonyl (C=O) groups excluding carboxylic acids is 1. The number of hydrogen-bond donors (Lipinski definition) is 0. The molecule has 0 aliphatic rings. The number of halogens is 1. The lowest BCUT2D eigenvalue weighted by Gasteiger charge is -2.08. The number of nitrogens with zero attached hydrogens (tertiary/aromatic N) is 3. The molecule has 0 atom stereocenters. The second-order valence-corrected chi connectivity index (χ2v) is 7.93. The number of hydrogen-bond acceptors (Lipinski definition) is 6. The number of thiophene rings is 1. The van der Waals surface area contributed by atoms with Crippen LogP contribution >= 0.6 is 34.7 Å². The van der Waals surface area contributed by atoms with E-state index in [9.17, 15) is 4.79 Å². The summed E-state index contributed by atoms with van der Waals surface area (Å²) in [7, 11) is 0. The molecule has 0 unspecified atom stereocenters. The van der Waals surface area contributed by atoms with Gasteiger partial charge in [0.15, 0.2) is 16.7 Å². The van der Waals surface area contributed by atoms with Crippen LogP contribution in [0.1, 0.15) is 9.67 Å². The van der Waals surface area contributed by atoms with Gasteiger partial charge in [-0.1, -0.05) is 41.6 Å². The summed E-state index contributed by atoms with van der Waals surface area (Å²) in [6.45, 7) is 0. The van der Waals surface area contributed by atoms with Gasteiger partial charge in [0.25, 0.3) is 0 Å². The summed E-state index contributed by atoms with van der Waals surface area (Å²) in [6, 6.07) is 16.8. The van der Waals surface area contributed by atoms with Crippen molar-refractivity contribution in [2.24, 2.45) is 0 Å². The molecular formula is C18H12ClN3O2S2. The summed E-state index contributed by atoms with van der Waals surface area (Å²) < 4.78 is 7.97. The number of carbonyl (C=O) groups is 1. The Kier molecular flexibility index (Phi) is 4.92. The second kappa shape index (κ2) is 7.49. The third kappa shape index (κ3) is 3.46. The Balaban J connectivity index is 1.65. The van der Waals surface area contributed by atoms with Crippen molar-refractivity contribution in [1.82, 2.24) is 14.8 Å². The minimum absolute atomic E-state index is 0.00839. The molecule has 0 amide bonds. The number of ketones is 1. The zero-order valence-electron chi connectivity index (χ0n) is 13.3. The molecule has 26 heavy (non-hydrogen) atoms. The van der Waals surface area contributed by atoms with Gasteiger partial charge in [-0.2, -0.15) is 0 Å². The number of aromatic nitrogens is 3. The minimum atomic E-state index is 0.00839. The number of rotatable bonds is 6. The summed E-state index contributed by atoms with van der Waals surface area (Å²) in [6.07, 6.45) is 1.59. The molecule has 0 N–H and O–H groups in total. The van der Waals surface area contributed by atoms with Crippen LogP contribution in [-0.4, -0.2) is 26.3 Å². The van der Waals surface area contributed by atoms with Gasteiger partial charge in [0.2, 0.25) is 5.82 Å². The van der Waals surface area contributed by atoms with Crippen molar-refractivity contribution in [3.8, 4) is 17.3 Å². The van der Waals surface area contributed by atoms with Gasteiger partial charge in [-0.15, -0.1) is 21.5 Å². The maximum Gasteiger partial charge on any atom is 0.205 e. The molecule has 0 spiro atoms. The maximum atomic E-state index is 12.4. The third-order valence-electron chi connectivity index (χ3n) is 3.57. The van der Waals surface area contributed by atoms with Crippen LogP contribution in [0.5, 0.6) is 0 Å². The number of thioether (sulfide) groups is 1. The second-order valence-electron chi connectivity index (χ2n) is 5.27. The standard InChI is InChI=1S/C18H12ClN3O2S2/c19-16-9-8-15(26-16)13(23)11-25-18-21-20-17(14-7-4-10-24-14)22(18)12-5-2-1-3-6-12/h1-10H,11H2. The summed E-state index contributed by atoms with van der Waals surface area (Å²) >= 11 is 8.52. The fourth-order valence-corrected chi connectivity index (χ4v) is 4.31. The molecule has 0 aliphatic heterocycles. The zero-order chi connectivity index (χ0) is 17.9. The van der Waals surface area contributed by atoms with E-state index in [1.807, 2.05) is 41.0 Å². The van der Waals surface area contributed by atoms with Gasteiger partial charge >= 0.3 is 0 Å². The quantitative estimate of drug-likeness (QED) is 0.327. The Morgan fingerprint density at radius 2 is 1.96 bits per heavy atom.